The van der Waals surface area contributed by atoms with Crippen molar-refractivity contribution in [3.8, 4) is 23.3 Å². The maximum absolute atomic E-state index is 11.0. The van der Waals surface area contributed by atoms with Crippen LogP contribution < -0.4 is 4.74 Å². The average molecular weight is 308 g/mol. The van der Waals surface area contributed by atoms with E-state index in [9.17, 15) is 15.2 Å². The van der Waals surface area contributed by atoms with Gasteiger partial charge in [0.05, 0.1) is 18.2 Å². The van der Waals surface area contributed by atoms with Gasteiger partial charge >= 0.3 is 5.97 Å². The van der Waals surface area contributed by atoms with Crippen molar-refractivity contribution in [3.63, 3.8) is 0 Å². The van der Waals surface area contributed by atoms with E-state index in [4.69, 9.17) is 9.84 Å². The molecule has 0 saturated heterocycles. The molecule has 0 atom stereocenters. The van der Waals surface area contributed by atoms with Gasteiger partial charge in [-0.25, -0.2) is 4.79 Å². The largest absolute Gasteiger partial charge is 0.507 e. The van der Waals surface area contributed by atoms with Crippen molar-refractivity contribution in [3.05, 3.63) is 53.7 Å². The number of fused-ring (bicyclic) bond motifs is 1. The minimum absolute atomic E-state index is 0.174. The summed E-state index contributed by atoms with van der Waals surface area (Å²) in [5, 5.41) is 28.9. The summed E-state index contributed by atoms with van der Waals surface area (Å²) in [6.07, 6.45) is 1.64. The number of hydrogen-bond donors (Lipinski definition) is 2. The van der Waals surface area contributed by atoms with Gasteiger partial charge in [0.15, 0.2) is 0 Å². The van der Waals surface area contributed by atoms with Crippen molar-refractivity contribution < 1.29 is 19.7 Å². The van der Waals surface area contributed by atoms with Crippen LogP contribution in [0.25, 0.3) is 16.6 Å². The fourth-order valence-corrected chi connectivity index (χ4v) is 2.49. The van der Waals surface area contributed by atoms with Gasteiger partial charge in [-0.2, -0.15) is 5.26 Å². The number of carboxylic acids is 1. The Morgan fingerprint density at radius 3 is 2.65 bits per heavy atom. The van der Waals surface area contributed by atoms with Crippen molar-refractivity contribution in [1.29, 1.82) is 5.26 Å². The monoisotopic (exact) mass is 308 g/mol. The van der Waals surface area contributed by atoms with Gasteiger partial charge in [-0.3, -0.25) is 0 Å². The standard InChI is InChI=1S/C17H12N2O4/c1-23-12-3-5-15-14(7-12)10(8-18)9-19(15)11-2-4-13(17(21)22)16(20)6-11/h2-7,9,20H,1H3,(H,21,22). The van der Waals surface area contributed by atoms with Gasteiger partial charge in [-0.1, -0.05) is 0 Å². The lowest BCUT2D eigenvalue weighted by atomic mass is 10.1. The van der Waals surface area contributed by atoms with Crippen molar-refractivity contribution in [2.24, 2.45) is 0 Å². The molecule has 0 spiro atoms. The van der Waals surface area contributed by atoms with Gasteiger partial charge in [-0.05, 0) is 30.3 Å². The molecule has 23 heavy (non-hydrogen) atoms. The Kier molecular flexibility index (Phi) is 3.39. The summed E-state index contributed by atoms with van der Waals surface area (Å²) >= 11 is 0. The van der Waals surface area contributed by atoms with Gasteiger partial charge in [0.2, 0.25) is 0 Å². The van der Waals surface area contributed by atoms with Crippen molar-refractivity contribution in [2.75, 3.05) is 7.11 Å². The molecule has 2 aromatic carbocycles. The molecule has 3 aromatic rings. The van der Waals surface area contributed by atoms with E-state index in [2.05, 4.69) is 6.07 Å². The highest BCUT2D eigenvalue weighted by atomic mass is 16.5. The molecule has 0 fully saturated rings. The normalized spacial score (nSPS) is 10.4. The molecule has 0 radical (unpaired) electrons. The molecular weight excluding hydrogens is 296 g/mol. The number of carboxylic acid groups (broad SMARTS) is 1. The number of carbonyl (C=O) groups is 1. The van der Waals surface area contributed by atoms with Crippen LogP contribution in [0.2, 0.25) is 0 Å². The summed E-state index contributed by atoms with van der Waals surface area (Å²) in [5.41, 5.74) is 1.60. The Bertz CT molecular complexity index is 967. The molecule has 0 aliphatic heterocycles. The SMILES string of the molecule is COc1ccc2c(c1)c(C#N)cn2-c1ccc(C(=O)O)c(O)c1. The molecule has 1 aromatic heterocycles. The topological polar surface area (TPSA) is 95.5 Å². The molecule has 1 heterocycles. The van der Waals surface area contributed by atoms with E-state index in [0.29, 0.717) is 22.4 Å². The first-order valence-corrected chi connectivity index (χ1v) is 6.71. The second-order valence-electron chi connectivity index (χ2n) is 4.91. The number of rotatable bonds is 3. The molecule has 6 nitrogen and oxygen atoms in total. The Labute approximate surface area is 131 Å². The Morgan fingerprint density at radius 1 is 1.26 bits per heavy atom. The molecule has 3 rings (SSSR count). The molecule has 0 aliphatic rings. The van der Waals surface area contributed by atoms with E-state index in [1.54, 1.807) is 42.1 Å². The lowest BCUT2D eigenvalue weighted by Gasteiger charge is -2.08. The number of aromatic carboxylic acids is 1. The maximum Gasteiger partial charge on any atom is 0.339 e. The Balaban J connectivity index is 2.23. The smallest absolute Gasteiger partial charge is 0.339 e. The summed E-state index contributed by atoms with van der Waals surface area (Å²) in [5.74, 6) is -0.895. The van der Waals surface area contributed by atoms with Crippen LogP contribution in [-0.4, -0.2) is 27.9 Å². The summed E-state index contributed by atoms with van der Waals surface area (Å²) < 4.78 is 6.89. The molecule has 0 amide bonds. The number of ether oxygens (including phenoxy) is 1. The van der Waals surface area contributed by atoms with E-state index < -0.39 is 5.97 Å². The lowest BCUT2D eigenvalue weighted by Crippen LogP contribution is -1.99. The van der Waals surface area contributed by atoms with Crippen LogP contribution in [0.3, 0.4) is 0 Å². The van der Waals surface area contributed by atoms with Crippen LogP contribution in [0.5, 0.6) is 11.5 Å². The van der Waals surface area contributed by atoms with Gasteiger partial charge in [0.25, 0.3) is 0 Å². The van der Waals surface area contributed by atoms with Crippen molar-refractivity contribution in [2.45, 2.75) is 0 Å². The van der Waals surface area contributed by atoms with Gasteiger partial charge in [-0.15, -0.1) is 0 Å². The van der Waals surface area contributed by atoms with Gasteiger partial charge in [0, 0.05) is 23.3 Å². The number of methoxy groups -OCH3 is 1. The summed E-state index contributed by atoms with van der Waals surface area (Å²) in [6, 6.07) is 11.7. The summed E-state index contributed by atoms with van der Waals surface area (Å²) in [4.78, 5) is 11.0. The molecule has 0 bridgehead atoms. The van der Waals surface area contributed by atoms with Crippen LogP contribution >= 0.6 is 0 Å². The zero-order valence-corrected chi connectivity index (χ0v) is 12.1. The molecular formula is C17H12N2O4. The third-order valence-electron chi connectivity index (χ3n) is 3.62. The van der Waals surface area contributed by atoms with Gasteiger partial charge in [0.1, 0.15) is 23.1 Å². The molecule has 6 heteroatoms. The number of benzene rings is 2. The summed E-state index contributed by atoms with van der Waals surface area (Å²) in [6.45, 7) is 0. The molecule has 2 N–H and O–H groups in total. The van der Waals surface area contributed by atoms with E-state index in [-0.39, 0.29) is 11.3 Å². The first kappa shape index (κ1) is 14.5. The van der Waals surface area contributed by atoms with E-state index in [0.717, 1.165) is 5.52 Å². The first-order valence-electron chi connectivity index (χ1n) is 6.71. The minimum atomic E-state index is -1.20. The zero-order chi connectivity index (χ0) is 16.6. The predicted molar refractivity (Wildman–Crippen MR) is 83.2 cm³/mol. The highest BCUT2D eigenvalue weighted by molar-refractivity contribution is 5.92. The zero-order valence-electron chi connectivity index (χ0n) is 12.1. The molecule has 0 saturated carbocycles. The van der Waals surface area contributed by atoms with Crippen LogP contribution in [0.4, 0.5) is 0 Å². The van der Waals surface area contributed by atoms with E-state index in [1.165, 1.54) is 12.1 Å². The third kappa shape index (κ3) is 2.34. The Hall–Kier alpha value is -3.46. The molecule has 0 unspecified atom stereocenters. The minimum Gasteiger partial charge on any atom is -0.507 e. The highest BCUT2D eigenvalue weighted by Gasteiger charge is 2.14. The van der Waals surface area contributed by atoms with Crippen LogP contribution in [0.15, 0.2) is 42.6 Å². The number of nitriles is 1. The quantitative estimate of drug-likeness (QED) is 0.775. The van der Waals surface area contributed by atoms with Crippen LogP contribution in [0.1, 0.15) is 15.9 Å². The second kappa shape index (κ2) is 5.39. The number of aromatic nitrogens is 1. The lowest BCUT2D eigenvalue weighted by molar-refractivity contribution is 0.0694. The van der Waals surface area contributed by atoms with Crippen molar-refractivity contribution >= 4 is 16.9 Å². The van der Waals surface area contributed by atoms with Gasteiger partial charge < -0.3 is 19.5 Å². The second-order valence-corrected chi connectivity index (χ2v) is 4.91. The number of hydrogen-bond acceptors (Lipinski definition) is 4. The number of nitrogens with zero attached hydrogens (tertiary/aromatic N) is 2. The Morgan fingerprint density at radius 2 is 2.04 bits per heavy atom. The highest BCUT2D eigenvalue weighted by Crippen LogP contribution is 2.30. The van der Waals surface area contributed by atoms with E-state index >= 15 is 0 Å². The maximum atomic E-state index is 11.0. The fourth-order valence-electron chi connectivity index (χ4n) is 2.49. The predicted octanol–water partition coefficient (Wildman–Crippen LogP) is 2.91. The van der Waals surface area contributed by atoms with Crippen LogP contribution in [-0.2, 0) is 0 Å². The first-order chi connectivity index (χ1) is 11.0. The molecule has 114 valence electrons. The van der Waals surface area contributed by atoms with Crippen molar-refractivity contribution in [1.82, 2.24) is 4.57 Å². The number of phenols is 1. The van der Waals surface area contributed by atoms with Crippen LogP contribution in [0, 0.1) is 11.3 Å². The number of aromatic hydroxyl groups is 1. The third-order valence-corrected chi connectivity index (χ3v) is 3.62. The molecule has 0 aliphatic carbocycles. The van der Waals surface area contributed by atoms with E-state index in [1.807, 2.05) is 0 Å². The summed E-state index contributed by atoms with van der Waals surface area (Å²) in [7, 11) is 1.55. The fraction of sp³-hybridized carbons (Fsp3) is 0.0588. The average Bonchev–Trinajstić information content (AvgIpc) is 2.92.